The van der Waals surface area contributed by atoms with Gasteiger partial charge >= 0.3 is 6.18 Å². The summed E-state index contributed by atoms with van der Waals surface area (Å²) >= 11 is 6.77. The summed E-state index contributed by atoms with van der Waals surface area (Å²) in [4.78, 5) is 5.97. The van der Waals surface area contributed by atoms with E-state index < -0.39 is 11.7 Å². The number of halogens is 4. The summed E-state index contributed by atoms with van der Waals surface area (Å²) in [5, 5.41) is 6.66. The molecule has 0 amide bonds. The van der Waals surface area contributed by atoms with Gasteiger partial charge in [-0.1, -0.05) is 0 Å². The van der Waals surface area contributed by atoms with Gasteiger partial charge in [-0.25, -0.2) is 9.29 Å². The maximum atomic E-state index is 13.9. The van der Waals surface area contributed by atoms with Crippen molar-refractivity contribution in [2.24, 2.45) is 0 Å². The highest BCUT2D eigenvalue weighted by atomic mass is 79.9. The van der Waals surface area contributed by atoms with E-state index in [1.165, 1.54) is 6.07 Å². The molecule has 0 saturated carbocycles. The van der Waals surface area contributed by atoms with Crippen LogP contribution >= 0.6 is 39.2 Å². The van der Waals surface area contributed by atoms with Gasteiger partial charge in [0.2, 0.25) is 0 Å². The standard InChI is InChI=1S/C19H19BrF3N5S2/c1-11-10-27(7-8-28(11)30-17-6-5-16(20)29-17)15-4-3-13(9-14(15)19(21,22)23)18-24-12(2)25-26-18/h3-6,9,11H,7-8,10H2,1-2H3,(H,24,25,26). The van der Waals surface area contributed by atoms with Crippen molar-refractivity contribution in [3.63, 3.8) is 0 Å². The molecule has 0 aliphatic carbocycles. The summed E-state index contributed by atoms with van der Waals surface area (Å²) in [7, 11) is 0. The maximum absolute atomic E-state index is 13.9. The molecule has 2 aromatic heterocycles. The van der Waals surface area contributed by atoms with E-state index in [0.717, 1.165) is 14.1 Å². The summed E-state index contributed by atoms with van der Waals surface area (Å²) in [6.07, 6.45) is -4.46. The molecule has 160 valence electrons. The van der Waals surface area contributed by atoms with Gasteiger partial charge in [0.1, 0.15) is 5.82 Å². The van der Waals surface area contributed by atoms with E-state index >= 15 is 0 Å². The Morgan fingerprint density at radius 2 is 2.03 bits per heavy atom. The van der Waals surface area contributed by atoms with E-state index in [2.05, 4.69) is 35.4 Å². The number of nitrogens with zero attached hydrogens (tertiary/aromatic N) is 4. The zero-order valence-electron chi connectivity index (χ0n) is 16.2. The monoisotopic (exact) mass is 517 g/mol. The zero-order chi connectivity index (χ0) is 21.5. The molecule has 11 heteroatoms. The van der Waals surface area contributed by atoms with Crippen LogP contribution in [-0.2, 0) is 6.18 Å². The van der Waals surface area contributed by atoms with Crippen LogP contribution < -0.4 is 4.90 Å². The van der Waals surface area contributed by atoms with Crippen molar-refractivity contribution in [3.8, 4) is 11.4 Å². The first-order valence-corrected chi connectivity index (χ1v) is 11.6. The lowest BCUT2D eigenvalue weighted by atomic mass is 10.0. The second kappa shape index (κ2) is 8.52. The number of thiophene rings is 1. The first-order valence-electron chi connectivity index (χ1n) is 9.26. The molecule has 30 heavy (non-hydrogen) atoms. The third-order valence-corrected chi connectivity index (χ3v) is 7.81. The Morgan fingerprint density at radius 1 is 1.23 bits per heavy atom. The fraction of sp³-hybridized carbons (Fsp3) is 0.368. The zero-order valence-corrected chi connectivity index (χ0v) is 19.4. The molecule has 3 heterocycles. The minimum absolute atomic E-state index is 0.0982. The van der Waals surface area contributed by atoms with Gasteiger partial charge in [-0.2, -0.15) is 18.3 Å². The van der Waals surface area contributed by atoms with Crippen LogP contribution in [0.3, 0.4) is 0 Å². The third kappa shape index (κ3) is 4.68. The van der Waals surface area contributed by atoms with Crippen LogP contribution in [0.5, 0.6) is 0 Å². The van der Waals surface area contributed by atoms with Crippen molar-refractivity contribution in [2.45, 2.75) is 30.3 Å². The molecular formula is C19H19BrF3N5S2. The van der Waals surface area contributed by atoms with Crippen molar-refractivity contribution in [1.29, 1.82) is 0 Å². The molecule has 1 saturated heterocycles. The number of nitrogens with one attached hydrogen (secondary N) is 1. The van der Waals surface area contributed by atoms with E-state index in [-0.39, 0.29) is 17.6 Å². The van der Waals surface area contributed by atoms with Crippen molar-refractivity contribution in [2.75, 3.05) is 24.5 Å². The fourth-order valence-corrected chi connectivity index (χ4v) is 6.33. The van der Waals surface area contributed by atoms with Gasteiger partial charge in [-0.15, -0.1) is 11.3 Å². The highest BCUT2D eigenvalue weighted by molar-refractivity contribution is 9.11. The summed E-state index contributed by atoms with van der Waals surface area (Å²) in [6.45, 7) is 5.46. The van der Waals surface area contributed by atoms with Crippen LogP contribution in [0.2, 0.25) is 0 Å². The van der Waals surface area contributed by atoms with E-state index in [1.807, 2.05) is 24.0 Å². The number of aromatic amines is 1. The number of anilines is 1. The number of piperazine rings is 1. The second-order valence-electron chi connectivity index (χ2n) is 7.06. The van der Waals surface area contributed by atoms with Crippen molar-refractivity contribution in [1.82, 2.24) is 19.5 Å². The van der Waals surface area contributed by atoms with Crippen molar-refractivity contribution in [3.05, 3.63) is 45.5 Å². The van der Waals surface area contributed by atoms with Crippen LogP contribution in [0, 0.1) is 6.92 Å². The lowest BCUT2D eigenvalue weighted by molar-refractivity contribution is -0.137. The molecule has 0 radical (unpaired) electrons. The van der Waals surface area contributed by atoms with Crippen LogP contribution in [0.4, 0.5) is 18.9 Å². The highest BCUT2D eigenvalue weighted by Crippen LogP contribution is 2.40. The average Bonchev–Trinajstić information content (AvgIpc) is 3.30. The van der Waals surface area contributed by atoms with E-state index in [9.17, 15) is 13.2 Å². The smallest absolute Gasteiger partial charge is 0.368 e. The first-order chi connectivity index (χ1) is 14.2. The molecule has 1 aliphatic rings. The Hall–Kier alpha value is -1.56. The Kier molecular flexibility index (Phi) is 6.16. The minimum atomic E-state index is -4.46. The van der Waals surface area contributed by atoms with Gasteiger partial charge in [-0.3, -0.25) is 5.10 Å². The lowest BCUT2D eigenvalue weighted by Gasteiger charge is -2.40. The molecule has 1 unspecified atom stereocenters. The number of aromatic nitrogens is 3. The number of hydrogen-bond acceptors (Lipinski definition) is 6. The van der Waals surface area contributed by atoms with Crippen LogP contribution in [-0.4, -0.2) is 45.2 Å². The van der Waals surface area contributed by atoms with Gasteiger partial charge in [0.15, 0.2) is 5.82 Å². The largest absolute Gasteiger partial charge is 0.418 e. The van der Waals surface area contributed by atoms with Gasteiger partial charge in [0.05, 0.1) is 13.6 Å². The molecule has 1 atom stereocenters. The second-order valence-corrected chi connectivity index (χ2v) is 10.9. The predicted octanol–water partition coefficient (Wildman–Crippen LogP) is 5.84. The molecular weight excluding hydrogens is 499 g/mol. The average molecular weight is 518 g/mol. The Morgan fingerprint density at radius 3 is 2.63 bits per heavy atom. The topological polar surface area (TPSA) is 48.1 Å². The number of rotatable bonds is 4. The Balaban J connectivity index is 1.56. The SMILES string of the molecule is Cc1nc(-c2ccc(N3CCN(Sc4ccc(Br)s4)C(C)C3)c(C(F)(F)F)c2)n[nH]1. The van der Waals surface area contributed by atoms with E-state index in [0.29, 0.717) is 31.0 Å². The molecule has 0 bridgehead atoms. The third-order valence-electron chi connectivity index (χ3n) is 4.82. The molecule has 3 aromatic rings. The molecule has 4 rings (SSSR count). The normalized spacial score (nSPS) is 18.2. The summed E-state index contributed by atoms with van der Waals surface area (Å²) in [6, 6.07) is 8.48. The van der Waals surface area contributed by atoms with Gasteiger partial charge in [0.25, 0.3) is 0 Å². The Labute approximate surface area is 188 Å². The summed E-state index contributed by atoms with van der Waals surface area (Å²) in [5.74, 6) is 0.823. The quantitative estimate of drug-likeness (QED) is 0.440. The van der Waals surface area contributed by atoms with Gasteiger partial charge < -0.3 is 4.90 Å². The maximum Gasteiger partial charge on any atom is 0.418 e. The number of H-pyrrole nitrogens is 1. The summed E-state index contributed by atoms with van der Waals surface area (Å²) < 4.78 is 46.1. The first kappa shape index (κ1) is 21.7. The van der Waals surface area contributed by atoms with Gasteiger partial charge in [0, 0.05) is 36.9 Å². The van der Waals surface area contributed by atoms with Crippen molar-refractivity contribution >= 4 is 44.9 Å². The molecule has 1 fully saturated rings. The summed E-state index contributed by atoms with van der Waals surface area (Å²) in [5.41, 5.74) is -0.104. The van der Waals surface area contributed by atoms with Crippen LogP contribution in [0.25, 0.3) is 11.4 Å². The fourth-order valence-electron chi connectivity index (χ4n) is 3.41. The molecule has 1 aromatic carbocycles. The van der Waals surface area contributed by atoms with Crippen LogP contribution in [0.1, 0.15) is 18.3 Å². The number of alkyl halides is 3. The number of benzene rings is 1. The highest BCUT2D eigenvalue weighted by Gasteiger charge is 2.37. The van der Waals surface area contributed by atoms with Crippen LogP contribution in [0.15, 0.2) is 38.3 Å². The van der Waals surface area contributed by atoms with E-state index in [4.69, 9.17) is 0 Å². The number of hydrogen-bond donors (Lipinski definition) is 1. The van der Waals surface area contributed by atoms with E-state index in [1.54, 1.807) is 36.3 Å². The van der Waals surface area contributed by atoms with Crippen molar-refractivity contribution < 1.29 is 13.2 Å². The molecule has 1 aliphatic heterocycles. The number of aryl methyl sites for hydroxylation is 1. The molecule has 1 N–H and O–H groups in total. The molecule has 0 spiro atoms. The van der Waals surface area contributed by atoms with Gasteiger partial charge in [-0.05, 0) is 72.1 Å². The predicted molar refractivity (Wildman–Crippen MR) is 118 cm³/mol. The minimum Gasteiger partial charge on any atom is -0.368 e. The molecule has 5 nitrogen and oxygen atoms in total. The lowest BCUT2D eigenvalue weighted by Crippen LogP contribution is -2.49. The Bertz CT molecular complexity index is 1040.